The van der Waals surface area contributed by atoms with E-state index >= 15 is 0 Å². The van der Waals surface area contributed by atoms with E-state index in [0.29, 0.717) is 16.9 Å². The monoisotopic (exact) mass is 409 g/mol. The maximum Gasteiger partial charge on any atom is 0.344 e. The molecular weight excluding hydrogens is 390 g/mol. The van der Waals surface area contributed by atoms with Gasteiger partial charge in [-0.15, -0.1) is 0 Å². The van der Waals surface area contributed by atoms with E-state index in [1.807, 2.05) is 66.9 Å². The number of fused-ring (bicyclic) bond motifs is 1. The third kappa shape index (κ3) is 3.57. The minimum absolute atomic E-state index is 0.0828. The Bertz CT molecular complexity index is 1360. The molecule has 0 radical (unpaired) electrons. The van der Waals surface area contributed by atoms with Crippen molar-refractivity contribution in [1.29, 1.82) is 0 Å². The van der Waals surface area contributed by atoms with Gasteiger partial charge in [-0.05, 0) is 25.1 Å². The van der Waals surface area contributed by atoms with Gasteiger partial charge in [-0.1, -0.05) is 48.5 Å². The number of carbonyl (C=O) groups is 1. The molecule has 0 aliphatic carbocycles. The van der Waals surface area contributed by atoms with E-state index in [-0.39, 0.29) is 6.61 Å². The fourth-order valence-electron chi connectivity index (χ4n) is 3.52. The summed E-state index contributed by atoms with van der Waals surface area (Å²) in [6.45, 7) is 1.85. The van der Waals surface area contributed by atoms with Crippen LogP contribution in [0.4, 0.5) is 0 Å². The fourth-order valence-corrected chi connectivity index (χ4v) is 3.52. The molecule has 0 spiro atoms. The van der Waals surface area contributed by atoms with Crippen LogP contribution >= 0.6 is 0 Å². The molecule has 0 aliphatic heterocycles. The van der Waals surface area contributed by atoms with Gasteiger partial charge in [0, 0.05) is 29.7 Å². The molecule has 7 heteroatoms. The molecule has 2 aromatic carbocycles. The lowest BCUT2D eigenvalue weighted by molar-refractivity contribution is 0.0474. The Morgan fingerprint density at radius 2 is 1.71 bits per heavy atom. The third-order valence-corrected chi connectivity index (χ3v) is 4.99. The predicted octanol–water partition coefficient (Wildman–Crippen LogP) is 4.25. The van der Waals surface area contributed by atoms with Gasteiger partial charge in [0.15, 0.2) is 5.65 Å². The Morgan fingerprint density at radius 3 is 2.48 bits per heavy atom. The van der Waals surface area contributed by atoms with Gasteiger partial charge in [0.05, 0.1) is 17.1 Å². The van der Waals surface area contributed by atoms with Crippen molar-refractivity contribution < 1.29 is 9.53 Å². The van der Waals surface area contributed by atoms with Gasteiger partial charge >= 0.3 is 5.97 Å². The van der Waals surface area contributed by atoms with E-state index in [2.05, 4.69) is 10.1 Å². The van der Waals surface area contributed by atoms with Crippen molar-refractivity contribution in [3.8, 4) is 16.9 Å². The average Bonchev–Trinajstić information content (AvgIpc) is 3.39. The van der Waals surface area contributed by atoms with E-state index in [0.717, 1.165) is 22.5 Å². The third-order valence-electron chi connectivity index (χ3n) is 4.99. The highest BCUT2D eigenvalue weighted by Crippen LogP contribution is 2.25. The van der Waals surface area contributed by atoms with Crippen molar-refractivity contribution in [2.45, 2.75) is 13.5 Å². The minimum Gasteiger partial charge on any atom is -0.457 e. The van der Waals surface area contributed by atoms with Crippen molar-refractivity contribution >= 4 is 11.6 Å². The van der Waals surface area contributed by atoms with Crippen LogP contribution in [0.3, 0.4) is 0 Å². The summed E-state index contributed by atoms with van der Waals surface area (Å²) in [4.78, 5) is 17.2. The zero-order valence-electron chi connectivity index (χ0n) is 16.8. The predicted molar refractivity (Wildman–Crippen MR) is 116 cm³/mol. The molecule has 3 heterocycles. The van der Waals surface area contributed by atoms with E-state index in [4.69, 9.17) is 9.84 Å². The van der Waals surface area contributed by atoms with Gasteiger partial charge in [0.25, 0.3) is 0 Å². The fraction of sp³-hybridized carbons (Fsp3) is 0.0833. The van der Waals surface area contributed by atoms with Gasteiger partial charge < -0.3 is 4.74 Å². The van der Waals surface area contributed by atoms with Gasteiger partial charge in [-0.3, -0.25) is 0 Å². The molecule has 5 rings (SSSR count). The van der Waals surface area contributed by atoms with Crippen LogP contribution in [0.15, 0.2) is 85.3 Å². The second kappa shape index (κ2) is 7.87. The van der Waals surface area contributed by atoms with Crippen molar-refractivity contribution in [3.63, 3.8) is 0 Å². The second-order valence-electron chi connectivity index (χ2n) is 7.07. The molecule has 0 aliphatic rings. The first-order valence-corrected chi connectivity index (χ1v) is 9.87. The Balaban J connectivity index is 1.47. The zero-order valence-corrected chi connectivity index (χ0v) is 16.8. The molecule has 0 saturated heterocycles. The van der Waals surface area contributed by atoms with Crippen LogP contribution < -0.4 is 0 Å². The molecule has 7 nitrogen and oxygen atoms in total. The number of benzene rings is 2. The zero-order chi connectivity index (χ0) is 21.2. The van der Waals surface area contributed by atoms with Gasteiger partial charge in [-0.2, -0.15) is 10.2 Å². The number of para-hydroxylation sites is 1. The number of esters is 1. The second-order valence-corrected chi connectivity index (χ2v) is 7.07. The average molecular weight is 409 g/mol. The lowest BCUT2D eigenvalue weighted by Gasteiger charge is -2.05. The summed E-state index contributed by atoms with van der Waals surface area (Å²) in [6.07, 6.45) is 5.28. The van der Waals surface area contributed by atoms with Gasteiger partial charge in [0.2, 0.25) is 0 Å². The summed E-state index contributed by atoms with van der Waals surface area (Å²) in [5.74, 6) is -0.460. The first-order chi connectivity index (χ1) is 15.2. The first kappa shape index (κ1) is 18.7. The number of hydrogen-bond acceptors (Lipinski definition) is 5. The van der Waals surface area contributed by atoms with E-state index in [1.54, 1.807) is 34.6 Å². The summed E-state index contributed by atoms with van der Waals surface area (Å²) in [7, 11) is 0. The molecule has 31 heavy (non-hydrogen) atoms. The number of ether oxygens (including phenoxy) is 1. The number of rotatable bonds is 5. The Morgan fingerprint density at radius 1 is 0.968 bits per heavy atom. The normalized spacial score (nSPS) is 11.0. The Labute approximate surface area is 178 Å². The van der Waals surface area contributed by atoms with Crippen LogP contribution in [0.1, 0.15) is 21.6 Å². The molecule has 3 aromatic heterocycles. The largest absolute Gasteiger partial charge is 0.457 e. The standard InChI is InChI=1S/C24H19N5O2/c1-17-21(23-25-13-8-14-28(23)26-17)24(30)31-16-19-15-29(20-11-6-3-7-12-20)27-22(19)18-9-4-2-5-10-18/h2-15H,16H2,1H3. The highest BCUT2D eigenvalue weighted by molar-refractivity contribution is 5.97. The first-order valence-electron chi connectivity index (χ1n) is 9.87. The number of carbonyl (C=O) groups excluding carboxylic acids is 1. The summed E-state index contributed by atoms with van der Waals surface area (Å²) >= 11 is 0. The number of aromatic nitrogens is 5. The van der Waals surface area contributed by atoms with Crippen LogP contribution in [-0.4, -0.2) is 30.3 Å². The SMILES string of the molecule is Cc1nn2cccnc2c1C(=O)OCc1cn(-c2ccccc2)nc1-c1ccccc1. The molecule has 0 fully saturated rings. The van der Waals surface area contributed by atoms with Crippen LogP contribution in [0.25, 0.3) is 22.6 Å². The highest BCUT2D eigenvalue weighted by atomic mass is 16.5. The maximum atomic E-state index is 12.9. The number of nitrogens with zero attached hydrogens (tertiary/aromatic N) is 5. The Kier molecular flexibility index (Phi) is 4.76. The molecular formula is C24H19N5O2. The van der Waals surface area contributed by atoms with E-state index in [1.165, 1.54) is 0 Å². The molecule has 152 valence electrons. The van der Waals surface area contributed by atoms with E-state index < -0.39 is 5.97 Å². The Hall–Kier alpha value is -4.26. The quantitative estimate of drug-likeness (QED) is 0.406. The minimum atomic E-state index is -0.460. The molecule has 5 aromatic rings. The van der Waals surface area contributed by atoms with Gasteiger partial charge in [0.1, 0.15) is 12.2 Å². The van der Waals surface area contributed by atoms with Crippen LogP contribution in [-0.2, 0) is 11.3 Å². The molecule has 0 N–H and O–H groups in total. The lowest BCUT2D eigenvalue weighted by atomic mass is 10.1. The van der Waals surface area contributed by atoms with Crippen LogP contribution in [0.5, 0.6) is 0 Å². The summed E-state index contributed by atoms with van der Waals surface area (Å²) in [5.41, 5.74) is 4.90. The molecule has 0 atom stereocenters. The van der Waals surface area contributed by atoms with Crippen molar-refractivity contribution in [2.24, 2.45) is 0 Å². The smallest absolute Gasteiger partial charge is 0.344 e. The molecule has 0 amide bonds. The van der Waals surface area contributed by atoms with Crippen molar-refractivity contribution in [1.82, 2.24) is 24.4 Å². The maximum absolute atomic E-state index is 12.9. The molecule has 0 bridgehead atoms. The lowest BCUT2D eigenvalue weighted by Crippen LogP contribution is -2.07. The van der Waals surface area contributed by atoms with Crippen molar-refractivity contribution in [2.75, 3.05) is 0 Å². The summed E-state index contributed by atoms with van der Waals surface area (Å²) in [5, 5.41) is 9.09. The van der Waals surface area contributed by atoms with Crippen LogP contribution in [0.2, 0.25) is 0 Å². The van der Waals surface area contributed by atoms with Gasteiger partial charge in [-0.25, -0.2) is 19.0 Å². The molecule has 0 saturated carbocycles. The van der Waals surface area contributed by atoms with E-state index in [9.17, 15) is 4.79 Å². The number of aryl methyl sites for hydroxylation is 1. The molecule has 0 unspecified atom stereocenters. The topological polar surface area (TPSA) is 74.3 Å². The highest BCUT2D eigenvalue weighted by Gasteiger charge is 2.21. The summed E-state index contributed by atoms with van der Waals surface area (Å²) in [6, 6.07) is 21.4. The van der Waals surface area contributed by atoms with Crippen molar-refractivity contribution in [3.05, 3.63) is 102 Å². The summed E-state index contributed by atoms with van der Waals surface area (Å²) < 4.78 is 9.06. The van der Waals surface area contributed by atoms with Crippen LogP contribution in [0, 0.1) is 6.92 Å². The number of hydrogen-bond donors (Lipinski definition) is 0.